The number of rotatable bonds is 7. The summed E-state index contributed by atoms with van der Waals surface area (Å²) in [6.45, 7) is 7.69. The third-order valence-electron chi connectivity index (χ3n) is 3.55. The highest BCUT2D eigenvalue weighted by Crippen LogP contribution is 2.10. The van der Waals surface area contributed by atoms with Crippen molar-refractivity contribution >= 4 is 5.91 Å². The highest BCUT2D eigenvalue weighted by atomic mass is 16.3. The zero-order valence-electron chi connectivity index (χ0n) is 13.0. The summed E-state index contributed by atoms with van der Waals surface area (Å²) in [4.78, 5) is 16.0. The molecule has 0 unspecified atom stereocenters. The van der Waals surface area contributed by atoms with Crippen molar-refractivity contribution in [3.8, 4) is 0 Å². The van der Waals surface area contributed by atoms with Gasteiger partial charge in [0, 0.05) is 26.2 Å². The van der Waals surface area contributed by atoms with Crippen LogP contribution in [0.4, 0.5) is 0 Å². The van der Waals surface area contributed by atoms with E-state index in [0.29, 0.717) is 19.6 Å². The smallest absolute Gasteiger partial charge is 0.236 e. The van der Waals surface area contributed by atoms with E-state index in [0.717, 1.165) is 0 Å². The first kappa shape index (κ1) is 16.7. The van der Waals surface area contributed by atoms with Crippen LogP contribution in [0.2, 0.25) is 0 Å². The molecule has 1 aromatic carbocycles. The summed E-state index contributed by atoms with van der Waals surface area (Å²) in [5, 5.41) is 9.04. The summed E-state index contributed by atoms with van der Waals surface area (Å²) in [5.74, 6) is 0.0791. The fourth-order valence-electron chi connectivity index (χ4n) is 2.07. The maximum absolute atomic E-state index is 12.3. The zero-order chi connectivity index (χ0) is 15.1. The minimum Gasteiger partial charge on any atom is -0.395 e. The van der Waals surface area contributed by atoms with Gasteiger partial charge in [-0.05, 0) is 31.9 Å². The van der Waals surface area contributed by atoms with Gasteiger partial charge in [-0.2, -0.15) is 0 Å². The van der Waals surface area contributed by atoms with Crippen LogP contribution in [-0.4, -0.2) is 53.6 Å². The largest absolute Gasteiger partial charge is 0.395 e. The van der Waals surface area contributed by atoms with Gasteiger partial charge in [-0.1, -0.05) is 24.3 Å². The molecule has 0 fully saturated rings. The van der Waals surface area contributed by atoms with Crippen molar-refractivity contribution in [2.24, 2.45) is 0 Å². The molecule has 4 nitrogen and oxygen atoms in total. The third-order valence-corrected chi connectivity index (χ3v) is 3.55. The average Bonchev–Trinajstić information content (AvgIpc) is 2.40. The fraction of sp³-hybridized carbons (Fsp3) is 0.562. The molecule has 0 spiro atoms. The molecular formula is C16H26N2O2. The molecule has 0 radical (unpaired) electrons. The van der Waals surface area contributed by atoms with E-state index in [2.05, 4.69) is 13.0 Å². The lowest BCUT2D eigenvalue weighted by Crippen LogP contribution is -2.42. The van der Waals surface area contributed by atoms with Crippen LogP contribution in [0.15, 0.2) is 24.3 Å². The van der Waals surface area contributed by atoms with Gasteiger partial charge in [-0.25, -0.2) is 0 Å². The van der Waals surface area contributed by atoms with Crippen LogP contribution < -0.4 is 0 Å². The van der Waals surface area contributed by atoms with Crippen LogP contribution in [0.5, 0.6) is 0 Å². The highest BCUT2D eigenvalue weighted by molar-refractivity contribution is 5.78. The van der Waals surface area contributed by atoms with E-state index >= 15 is 0 Å². The van der Waals surface area contributed by atoms with Crippen LogP contribution in [0.25, 0.3) is 0 Å². The Morgan fingerprint density at radius 2 is 1.95 bits per heavy atom. The van der Waals surface area contributed by atoms with Crippen molar-refractivity contribution in [1.82, 2.24) is 9.80 Å². The van der Waals surface area contributed by atoms with Gasteiger partial charge in [-0.15, -0.1) is 0 Å². The van der Waals surface area contributed by atoms with Gasteiger partial charge in [0.25, 0.3) is 0 Å². The van der Waals surface area contributed by atoms with Gasteiger partial charge in [-0.3, -0.25) is 9.69 Å². The van der Waals surface area contributed by atoms with Gasteiger partial charge >= 0.3 is 0 Å². The van der Waals surface area contributed by atoms with E-state index in [1.54, 1.807) is 4.90 Å². The van der Waals surface area contributed by atoms with E-state index in [9.17, 15) is 4.79 Å². The number of carbonyl (C=O) groups is 1. The van der Waals surface area contributed by atoms with Crippen LogP contribution >= 0.6 is 0 Å². The minimum absolute atomic E-state index is 0.0764. The fourth-order valence-corrected chi connectivity index (χ4v) is 2.07. The Morgan fingerprint density at radius 1 is 1.30 bits per heavy atom. The number of hydrogen-bond acceptors (Lipinski definition) is 3. The number of benzene rings is 1. The minimum atomic E-state index is 0.0764. The van der Waals surface area contributed by atoms with E-state index in [-0.39, 0.29) is 18.6 Å². The Balaban J connectivity index is 2.60. The van der Waals surface area contributed by atoms with Crippen molar-refractivity contribution in [1.29, 1.82) is 0 Å². The Labute approximate surface area is 122 Å². The number of aliphatic hydroxyl groups is 1. The van der Waals surface area contributed by atoms with Crippen molar-refractivity contribution in [3.05, 3.63) is 35.4 Å². The van der Waals surface area contributed by atoms with Crippen molar-refractivity contribution in [2.75, 3.05) is 26.7 Å². The first-order valence-corrected chi connectivity index (χ1v) is 7.09. The normalized spacial score (nSPS) is 11.2. The predicted molar refractivity (Wildman–Crippen MR) is 81.4 cm³/mol. The molecule has 0 aromatic heterocycles. The molecule has 112 valence electrons. The molecule has 0 aliphatic carbocycles. The van der Waals surface area contributed by atoms with Gasteiger partial charge in [0.2, 0.25) is 5.91 Å². The standard InChI is InChI=1S/C16H26N2O2/c1-13(2)18(9-10-19)12-16(20)17(4)11-15-8-6-5-7-14(15)3/h5-8,13,19H,9-12H2,1-4H3. The summed E-state index contributed by atoms with van der Waals surface area (Å²) < 4.78 is 0. The molecule has 1 aromatic rings. The molecule has 0 atom stereocenters. The molecule has 0 aliphatic heterocycles. The van der Waals surface area contributed by atoms with Crippen molar-refractivity contribution in [3.63, 3.8) is 0 Å². The third kappa shape index (κ3) is 4.94. The summed E-state index contributed by atoms with van der Waals surface area (Å²) >= 11 is 0. The maximum atomic E-state index is 12.3. The lowest BCUT2D eigenvalue weighted by atomic mass is 10.1. The van der Waals surface area contributed by atoms with E-state index < -0.39 is 0 Å². The number of aliphatic hydroxyl groups excluding tert-OH is 1. The molecule has 1 rings (SSSR count). The lowest BCUT2D eigenvalue weighted by Gasteiger charge is -2.27. The number of aryl methyl sites for hydroxylation is 1. The lowest BCUT2D eigenvalue weighted by molar-refractivity contribution is -0.132. The van der Waals surface area contributed by atoms with Crippen molar-refractivity contribution in [2.45, 2.75) is 33.4 Å². The number of nitrogens with zero attached hydrogens (tertiary/aromatic N) is 2. The number of amides is 1. The van der Waals surface area contributed by atoms with Gasteiger partial charge in [0.1, 0.15) is 0 Å². The second-order valence-corrected chi connectivity index (χ2v) is 5.46. The van der Waals surface area contributed by atoms with Gasteiger partial charge in [0.15, 0.2) is 0 Å². The monoisotopic (exact) mass is 278 g/mol. The first-order chi connectivity index (χ1) is 9.45. The maximum Gasteiger partial charge on any atom is 0.236 e. The number of carbonyl (C=O) groups excluding carboxylic acids is 1. The summed E-state index contributed by atoms with van der Waals surface area (Å²) in [6.07, 6.45) is 0. The Hall–Kier alpha value is -1.39. The van der Waals surface area contributed by atoms with Crippen molar-refractivity contribution < 1.29 is 9.90 Å². The Morgan fingerprint density at radius 3 is 2.50 bits per heavy atom. The molecule has 0 heterocycles. The summed E-state index contributed by atoms with van der Waals surface area (Å²) in [6, 6.07) is 8.35. The number of hydrogen-bond donors (Lipinski definition) is 1. The molecule has 0 saturated heterocycles. The molecule has 4 heteroatoms. The zero-order valence-corrected chi connectivity index (χ0v) is 13.0. The van der Waals surface area contributed by atoms with Crippen LogP contribution in [0.1, 0.15) is 25.0 Å². The molecule has 1 amide bonds. The van der Waals surface area contributed by atoms with Crippen LogP contribution in [0, 0.1) is 6.92 Å². The summed E-state index contributed by atoms with van der Waals surface area (Å²) in [7, 11) is 1.83. The average molecular weight is 278 g/mol. The highest BCUT2D eigenvalue weighted by Gasteiger charge is 2.17. The van der Waals surface area contributed by atoms with E-state index in [1.165, 1.54) is 11.1 Å². The molecule has 1 N–H and O–H groups in total. The molecule has 20 heavy (non-hydrogen) atoms. The molecule has 0 aliphatic rings. The predicted octanol–water partition coefficient (Wildman–Crippen LogP) is 1.66. The quantitative estimate of drug-likeness (QED) is 0.825. The van der Waals surface area contributed by atoms with Gasteiger partial charge in [0.05, 0.1) is 13.2 Å². The van der Waals surface area contributed by atoms with Crippen LogP contribution in [0.3, 0.4) is 0 Å². The number of likely N-dealkylation sites (N-methyl/N-ethyl adjacent to an activating group) is 1. The summed E-state index contributed by atoms with van der Waals surface area (Å²) in [5.41, 5.74) is 2.37. The SMILES string of the molecule is Cc1ccccc1CN(C)C(=O)CN(CCO)C(C)C. The Kier molecular flexibility index (Phi) is 6.68. The second kappa shape index (κ2) is 8.02. The Bertz CT molecular complexity index is 432. The second-order valence-electron chi connectivity index (χ2n) is 5.46. The topological polar surface area (TPSA) is 43.8 Å². The van der Waals surface area contributed by atoms with Crippen LogP contribution in [-0.2, 0) is 11.3 Å². The molecule has 0 bridgehead atoms. The van der Waals surface area contributed by atoms with E-state index in [4.69, 9.17) is 5.11 Å². The molecular weight excluding hydrogens is 252 g/mol. The molecule has 0 saturated carbocycles. The van der Waals surface area contributed by atoms with Gasteiger partial charge < -0.3 is 10.0 Å². The van der Waals surface area contributed by atoms with E-state index in [1.807, 2.05) is 44.0 Å². The first-order valence-electron chi connectivity index (χ1n) is 7.09.